The van der Waals surface area contributed by atoms with Crippen molar-refractivity contribution in [3.8, 4) is 11.5 Å². The molecule has 0 saturated heterocycles. The fourth-order valence-electron chi connectivity index (χ4n) is 2.42. The van der Waals surface area contributed by atoms with Crippen LogP contribution >= 0.6 is 0 Å². The summed E-state index contributed by atoms with van der Waals surface area (Å²) >= 11 is 0. The van der Waals surface area contributed by atoms with Crippen LogP contribution in [0.15, 0.2) is 86.0 Å². The first-order chi connectivity index (χ1) is 14.3. The SMILES string of the molecule is CCc1ccc(N=Nc2cc(N=Nc3ccc(S(=O)(=O)O)cc3)c(O)cc2O)cc1. The number of azo groups is 2. The number of aromatic hydroxyl groups is 2. The lowest BCUT2D eigenvalue weighted by molar-refractivity contribution is 0.452. The smallest absolute Gasteiger partial charge is 0.294 e. The van der Waals surface area contributed by atoms with Gasteiger partial charge in [0.1, 0.15) is 22.9 Å². The van der Waals surface area contributed by atoms with Gasteiger partial charge in [-0.1, -0.05) is 19.1 Å². The number of hydrogen-bond donors (Lipinski definition) is 3. The summed E-state index contributed by atoms with van der Waals surface area (Å²) in [5.74, 6) is -0.602. The van der Waals surface area contributed by atoms with Gasteiger partial charge < -0.3 is 10.2 Å². The van der Waals surface area contributed by atoms with Crippen molar-refractivity contribution in [3.63, 3.8) is 0 Å². The molecule has 10 heteroatoms. The molecule has 3 rings (SSSR count). The third-order valence-corrected chi connectivity index (χ3v) is 4.97. The van der Waals surface area contributed by atoms with Crippen molar-refractivity contribution in [1.29, 1.82) is 0 Å². The second-order valence-corrected chi connectivity index (χ2v) is 7.64. The van der Waals surface area contributed by atoms with E-state index >= 15 is 0 Å². The minimum Gasteiger partial charge on any atom is -0.505 e. The van der Waals surface area contributed by atoms with Crippen molar-refractivity contribution in [2.24, 2.45) is 20.5 Å². The van der Waals surface area contributed by atoms with Gasteiger partial charge in [-0.05, 0) is 48.4 Å². The van der Waals surface area contributed by atoms with E-state index in [1.165, 1.54) is 30.3 Å². The lowest BCUT2D eigenvalue weighted by Gasteiger charge is -2.03. The molecular formula is C20H18N4O5S. The van der Waals surface area contributed by atoms with E-state index < -0.39 is 10.1 Å². The first kappa shape index (κ1) is 21.1. The molecule has 30 heavy (non-hydrogen) atoms. The van der Waals surface area contributed by atoms with Crippen molar-refractivity contribution in [2.75, 3.05) is 0 Å². The summed E-state index contributed by atoms with van der Waals surface area (Å²) in [5.41, 5.74) is 2.16. The van der Waals surface area contributed by atoms with Crippen molar-refractivity contribution in [2.45, 2.75) is 18.2 Å². The van der Waals surface area contributed by atoms with E-state index in [0.717, 1.165) is 18.1 Å². The highest BCUT2D eigenvalue weighted by atomic mass is 32.2. The Morgan fingerprint density at radius 2 is 1.20 bits per heavy atom. The molecule has 0 aliphatic heterocycles. The van der Waals surface area contributed by atoms with Crippen molar-refractivity contribution >= 4 is 32.9 Å². The molecule has 0 aromatic heterocycles. The Morgan fingerprint density at radius 1 is 0.733 bits per heavy atom. The third kappa shape index (κ3) is 5.25. The van der Waals surface area contributed by atoms with Crippen LogP contribution in [0.2, 0.25) is 0 Å². The lowest BCUT2D eigenvalue weighted by atomic mass is 10.2. The maximum absolute atomic E-state index is 11.1. The molecular weight excluding hydrogens is 408 g/mol. The molecule has 0 atom stereocenters. The predicted molar refractivity (Wildman–Crippen MR) is 110 cm³/mol. The highest BCUT2D eigenvalue weighted by Gasteiger charge is 2.10. The fourth-order valence-corrected chi connectivity index (χ4v) is 2.90. The average Bonchev–Trinajstić information content (AvgIpc) is 2.72. The first-order valence-corrected chi connectivity index (χ1v) is 10.3. The monoisotopic (exact) mass is 426 g/mol. The summed E-state index contributed by atoms with van der Waals surface area (Å²) < 4.78 is 31.1. The van der Waals surface area contributed by atoms with Gasteiger partial charge in [-0.3, -0.25) is 4.55 Å². The van der Waals surface area contributed by atoms with Gasteiger partial charge in [0.25, 0.3) is 10.1 Å². The number of aryl methyl sites for hydroxylation is 1. The third-order valence-electron chi connectivity index (χ3n) is 4.10. The number of phenolic OH excluding ortho intramolecular Hbond substituents is 2. The Balaban J connectivity index is 1.83. The number of phenols is 2. The number of benzene rings is 3. The summed E-state index contributed by atoms with van der Waals surface area (Å²) in [6, 6.07) is 14.9. The van der Waals surface area contributed by atoms with Crippen molar-refractivity contribution < 1.29 is 23.2 Å². The molecule has 0 unspecified atom stereocenters. The van der Waals surface area contributed by atoms with Crippen molar-refractivity contribution in [1.82, 2.24) is 0 Å². The quantitative estimate of drug-likeness (QED) is 0.340. The van der Waals surface area contributed by atoms with Gasteiger partial charge in [0.05, 0.1) is 16.3 Å². The summed E-state index contributed by atoms with van der Waals surface area (Å²) in [4.78, 5) is -0.274. The van der Waals surface area contributed by atoms with Gasteiger partial charge in [-0.25, -0.2) is 0 Å². The summed E-state index contributed by atoms with van der Waals surface area (Å²) in [7, 11) is -4.30. The molecule has 3 N–H and O–H groups in total. The number of rotatable bonds is 6. The summed E-state index contributed by atoms with van der Waals surface area (Å²) in [6.07, 6.45) is 0.906. The molecule has 3 aromatic rings. The van der Waals surface area contributed by atoms with Crippen LogP contribution in [0.4, 0.5) is 22.7 Å². The van der Waals surface area contributed by atoms with E-state index in [4.69, 9.17) is 4.55 Å². The molecule has 0 radical (unpaired) electrons. The van der Waals surface area contributed by atoms with Crippen LogP contribution in [0.25, 0.3) is 0 Å². The van der Waals surface area contributed by atoms with Gasteiger partial charge in [-0.15, -0.1) is 10.2 Å². The number of nitrogens with zero attached hydrogens (tertiary/aromatic N) is 4. The van der Waals surface area contributed by atoms with Gasteiger partial charge >= 0.3 is 0 Å². The van der Waals surface area contributed by atoms with Gasteiger partial charge in [0.2, 0.25) is 0 Å². The van der Waals surface area contributed by atoms with E-state index in [1.54, 1.807) is 12.1 Å². The maximum atomic E-state index is 11.1. The van der Waals surface area contributed by atoms with Crippen LogP contribution in [0.1, 0.15) is 12.5 Å². The van der Waals surface area contributed by atoms with Crippen LogP contribution < -0.4 is 0 Å². The van der Waals surface area contributed by atoms with Gasteiger partial charge in [0, 0.05) is 12.1 Å². The number of hydrogen-bond acceptors (Lipinski definition) is 8. The zero-order valence-corrected chi connectivity index (χ0v) is 16.7. The molecule has 0 saturated carbocycles. The largest absolute Gasteiger partial charge is 0.505 e. The van der Waals surface area contributed by atoms with E-state index in [2.05, 4.69) is 20.5 Å². The molecule has 0 spiro atoms. The molecule has 0 aliphatic carbocycles. The molecule has 154 valence electrons. The summed E-state index contributed by atoms with van der Waals surface area (Å²) in [5, 5.41) is 35.9. The molecule has 3 aromatic carbocycles. The van der Waals surface area contributed by atoms with E-state index in [0.29, 0.717) is 5.69 Å². The van der Waals surface area contributed by atoms with Crippen LogP contribution in [0.3, 0.4) is 0 Å². The predicted octanol–water partition coefficient (Wildman–Crippen LogP) is 5.74. The van der Waals surface area contributed by atoms with Crippen molar-refractivity contribution in [3.05, 3.63) is 66.2 Å². The molecule has 0 heterocycles. The Hall–Kier alpha value is -3.63. The topological polar surface area (TPSA) is 144 Å². The second kappa shape index (κ2) is 8.80. The first-order valence-electron chi connectivity index (χ1n) is 8.82. The van der Waals surface area contributed by atoms with Crippen LogP contribution in [0.5, 0.6) is 11.5 Å². The van der Waals surface area contributed by atoms with Crippen LogP contribution in [-0.4, -0.2) is 23.2 Å². The zero-order valence-electron chi connectivity index (χ0n) is 15.8. The van der Waals surface area contributed by atoms with Gasteiger partial charge in [-0.2, -0.15) is 18.6 Å². The second-order valence-electron chi connectivity index (χ2n) is 6.22. The summed E-state index contributed by atoms with van der Waals surface area (Å²) in [6.45, 7) is 2.05. The van der Waals surface area contributed by atoms with Gasteiger partial charge in [0.15, 0.2) is 0 Å². The Bertz CT molecular complexity index is 1210. The standard InChI is InChI=1S/C20H18N4O5S/c1-2-13-3-5-14(6-4-13)21-23-17-11-18(20(26)12-19(17)25)24-22-15-7-9-16(10-8-15)30(27,28)29/h3-12,25-26H,2H2,1H3,(H,27,28,29). The molecule has 0 fully saturated rings. The normalized spacial score (nSPS) is 12.1. The fraction of sp³-hybridized carbons (Fsp3) is 0.100. The van der Waals surface area contributed by atoms with E-state index in [9.17, 15) is 18.6 Å². The van der Waals surface area contributed by atoms with Crippen LogP contribution in [0, 0.1) is 0 Å². The molecule has 0 bridgehead atoms. The minimum atomic E-state index is -4.30. The van der Waals surface area contributed by atoms with E-state index in [1.807, 2.05) is 19.1 Å². The molecule has 0 amide bonds. The zero-order chi connectivity index (χ0) is 21.7. The Kier molecular flexibility index (Phi) is 6.19. The highest BCUT2D eigenvalue weighted by molar-refractivity contribution is 7.85. The van der Waals surface area contributed by atoms with Crippen LogP contribution in [-0.2, 0) is 16.5 Å². The molecule has 9 nitrogen and oxygen atoms in total. The minimum absolute atomic E-state index is 0.0296. The van der Waals surface area contributed by atoms with E-state index in [-0.39, 0.29) is 33.5 Å². The Morgan fingerprint density at radius 3 is 1.63 bits per heavy atom. The highest BCUT2D eigenvalue weighted by Crippen LogP contribution is 2.39. The molecule has 0 aliphatic rings. The Labute approximate surface area is 172 Å². The average molecular weight is 426 g/mol. The maximum Gasteiger partial charge on any atom is 0.294 e. The lowest BCUT2D eigenvalue weighted by Crippen LogP contribution is -1.96.